The van der Waals surface area contributed by atoms with Gasteiger partial charge in [0, 0.05) is 6.04 Å². The highest BCUT2D eigenvalue weighted by molar-refractivity contribution is 6.00. The first kappa shape index (κ1) is 14.9. The third-order valence-corrected chi connectivity index (χ3v) is 2.80. The molecule has 19 heavy (non-hydrogen) atoms. The first-order chi connectivity index (χ1) is 8.99. The van der Waals surface area contributed by atoms with Crippen LogP contribution in [0.25, 0.3) is 0 Å². The standard InChI is InChI=1S/C13H17FN2O3/c1-3-8(4-2)15-13(19)16-11-9(12(17)18)6-5-7-10(11)14/h5-8H,3-4H2,1-2H3,(H,17,18)(H2,15,16,19). The van der Waals surface area contributed by atoms with Crippen molar-refractivity contribution in [3.05, 3.63) is 29.6 Å². The van der Waals surface area contributed by atoms with Gasteiger partial charge in [-0.1, -0.05) is 19.9 Å². The number of hydrogen-bond acceptors (Lipinski definition) is 2. The van der Waals surface area contributed by atoms with Crippen molar-refractivity contribution < 1.29 is 19.1 Å². The lowest BCUT2D eigenvalue weighted by molar-refractivity contribution is 0.0697. The number of hydrogen-bond donors (Lipinski definition) is 3. The van der Waals surface area contributed by atoms with E-state index in [1.165, 1.54) is 12.1 Å². The average molecular weight is 268 g/mol. The molecule has 1 rings (SSSR count). The SMILES string of the molecule is CCC(CC)NC(=O)Nc1c(F)cccc1C(=O)O. The van der Waals surface area contributed by atoms with E-state index in [-0.39, 0.29) is 17.3 Å². The minimum Gasteiger partial charge on any atom is -0.478 e. The third-order valence-electron chi connectivity index (χ3n) is 2.80. The smallest absolute Gasteiger partial charge is 0.337 e. The monoisotopic (exact) mass is 268 g/mol. The Morgan fingerprint density at radius 1 is 1.32 bits per heavy atom. The van der Waals surface area contributed by atoms with E-state index in [1.54, 1.807) is 0 Å². The molecule has 0 aliphatic rings. The molecule has 0 spiro atoms. The Morgan fingerprint density at radius 2 is 1.95 bits per heavy atom. The van der Waals surface area contributed by atoms with Gasteiger partial charge >= 0.3 is 12.0 Å². The molecule has 0 atom stereocenters. The van der Waals surface area contributed by atoms with Crippen molar-refractivity contribution >= 4 is 17.7 Å². The molecule has 0 bridgehead atoms. The maximum atomic E-state index is 13.6. The molecule has 0 saturated carbocycles. The number of para-hydroxylation sites is 1. The van der Waals surface area contributed by atoms with Crippen LogP contribution in [0.15, 0.2) is 18.2 Å². The van der Waals surface area contributed by atoms with Crippen LogP contribution in [0, 0.1) is 5.82 Å². The Bertz CT molecular complexity index is 473. The van der Waals surface area contributed by atoms with Crippen molar-refractivity contribution in [3.8, 4) is 0 Å². The second-order valence-corrected chi connectivity index (χ2v) is 4.08. The summed E-state index contributed by atoms with van der Waals surface area (Å²) in [6, 6.07) is 2.97. The summed E-state index contributed by atoms with van der Waals surface area (Å²) in [6.07, 6.45) is 1.49. The zero-order valence-corrected chi connectivity index (χ0v) is 10.9. The maximum Gasteiger partial charge on any atom is 0.337 e. The van der Waals surface area contributed by atoms with Gasteiger partial charge < -0.3 is 15.7 Å². The molecule has 0 heterocycles. The lowest BCUT2D eigenvalue weighted by Crippen LogP contribution is -2.37. The van der Waals surface area contributed by atoms with Crippen molar-refractivity contribution in [3.63, 3.8) is 0 Å². The lowest BCUT2D eigenvalue weighted by atomic mass is 10.1. The topological polar surface area (TPSA) is 78.4 Å². The number of carboxylic acids is 1. The molecule has 5 nitrogen and oxygen atoms in total. The van der Waals surface area contributed by atoms with Gasteiger partial charge in [-0.15, -0.1) is 0 Å². The van der Waals surface area contributed by atoms with Crippen LogP contribution in [0.3, 0.4) is 0 Å². The van der Waals surface area contributed by atoms with Crippen molar-refractivity contribution in [1.29, 1.82) is 0 Å². The van der Waals surface area contributed by atoms with E-state index in [2.05, 4.69) is 10.6 Å². The van der Waals surface area contributed by atoms with Gasteiger partial charge in [-0.05, 0) is 25.0 Å². The molecule has 0 aliphatic heterocycles. The number of anilines is 1. The highest BCUT2D eigenvalue weighted by atomic mass is 19.1. The van der Waals surface area contributed by atoms with E-state index in [1.807, 2.05) is 13.8 Å². The zero-order chi connectivity index (χ0) is 14.4. The van der Waals surface area contributed by atoms with Crippen molar-refractivity contribution in [2.45, 2.75) is 32.7 Å². The van der Waals surface area contributed by atoms with Gasteiger partial charge in [-0.3, -0.25) is 0 Å². The summed E-state index contributed by atoms with van der Waals surface area (Å²) in [4.78, 5) is 22.6. The number of carbonyl (C=O) groups is 2. The third kappa shape index (κ3) is 3.94. The second kappa shape index (κ2) is 6.72. The van der Waals surface area contributed by atoms with Crippen molar-refractivity contribution in [1.82, 2.24) is 5.32 Å². The van der Waals surface area contributed by atoms with Gasteiger partial charge in [-0.25, -0.2) is 14.0 Å². The Kier molecular flexibility index (Phi) is 5.29. The van der Waals surface area contributed by atoms with Crippen LogP contribution in [-0.4, -0.2) is 23.1 Å². The van der Waals surface area contributed by atoms with Crippen LogP contribution >= 0.6 is 0 Å². The highest BCUT2D eigenvalue weighted by Crippen LogP contribution is 2.19. The number of carboxylic acid groups (broad SMARTS) is 1. The molecule has 0 radical (unpaired) electrons. The number of aromatic carboxylic acids is 1. The van der Waals surface area contributed by atoms with Gasteiger partial charge in [0.2, 0.25) is 0 Å². The molecule has 0 unspecified atom stereocenters. The quantitative estimate of drug-likeness (QED) is 0.768. The first-order valence-corrected chi connectivity index (χ1v) is 6.08. The fourth-order valence-electron chi connectivity index (χ4n) is 1.66. The van der Waals surface area contributed by atoms with E-state index in [0.717, 1.165) is 18.9 Å². The molecular weight excluding hydrogens is 251 g/mol. The molecule has 104 valence electrons. The van der Waals surface area contributed by atoms with Gasteiger partial charge in [-0.2, -0.15) is 0 Å². The molecular formula is C13H17FN2O3. The summed E-state index contributed by atoms with van der Waals surface area (Å²) in [6.45, 7) is 3.83. The van der Waals surface area contributed by atoms with E-state index in [9.17, 15) is 14.0 Å². The maximum absolute atomic E-state index is 13.6. The minimum atomic E-state index is -1.29. The van der Waals surface area contributed by atoms with Gasteiger partial charge in [0.1, 0.15) is 5.82 Å². The summed E-state index contributed by atoms with van der Waals surface area (Å²) >= 11 is 0. The normalized spacial score (nSPS) is 10.3. The number of nitrogens with one attached hydrogen (secondary N) is 2. The van der Waals surface area contributed by atoms with Crippen molar-refractivity contribution in [2.75, 3.05) is 5.32 Å². The largest absolute Gasteiger partial charge is 0.478 e. The summed E-state index contributed by atoms with van der Waals surface area (Å²) in [5, 5.41) is 13.8. The minimum absolute atomic E-state index is 0.0277. The van der Waals surface area contributed by atoms with Crippen LogP contribution in [0.1, 0.15) is 37.0 Å². The first-order valence-electron chi connectivity index (χ1n) is 6.08. The van der Waals surface area contributed by atoms with Crippen LogP contribution in [-0.2, 0) is 0 Å². The molecule has 0 aliphatic carbocycles. The molecule has 0 aromatic heterocycles. The second-order valence-electron chi connectivity index (χ2n) is 4.08. The van der Waals surface area contributed by atoms with E-state index in [4.69, 9.17) is 5.11 Å². The summed E-state index contributed by atoms with van der Waals surface area (Å²) in [7, 11) is 0. The van der Waals surface area contributed by atoms with Crippen molar-refractivity contribution in [2.24, 2.45) is 0 Å². The average Bonchev–Trinajstić information content (AvgIpc) is 2.38. The summed E-state index contributed by atoms with van der Waals surface area (Å²) in [5.41, 5.74) is -0.599. The number of rotatable bonds is 5. The Morgan fingerprint density at radius 3 is 2.47 bits per heavy atom. The number of urea groups is 1. The molecule has 2 amide bonds. The fourth-order valence-corrected chi connectivity index (χ4v) is 1.66. The fraction of sp³-hybridized carbons (Fsp3) is 0.385. The van der Waals surface area contributed by atoms with Crippen LogP contribution < -0.4 is 10.6 Å². The summed E-state index contributed by atoms with van der Waals surface area (Å²) < 4.78 is 13.6. The van der Waals surface area contributed by atoms with E-state index >= 15 is 0 Å². The molecule has 1 aromatic rings. The van der Waals surface area contributed by atoms with E-state index < -0.39 is 17.8 Å². The van der Waals surface area contributed by atoms with E-state index in [0.29, 0.717) is 0 Å². The Hall–Kier alpha value is -2.11. The van der Waals surface area contributed by atoms with Crippen LogP contribution in [0.2, 0.25) is 0 Å². The Labute approximate surface area is 110 Å². The number of benzene rings is 1. The molecule has 0 saturated heterocycles. The van der Waals surface area contributed by atoms with Gasteiger partial charge in [0.25, 0.3) is 0 Å². The predicted molar refractivity (Wildman–Crippen MR) is 69.9 cm³/mol. The predicted octanol–water partition coefficient (Wildman–Crippen LogP) is 2.83. The molecule has 1 aromatic carbocycles. The molecule has 0 fully saturated rings. The zero-order valence-electron chi connectivity index (χ0n) is 10.9. The molecule has 3 N–H and O–H groups in total. The molecule has 6 heteroatoms. The summed E-state index contributed by atoms with van der Waals surface area (Å²) in [5.74, 6) is -2.07. The van der Waals surface area contributed by atoms with Crippen LogP contribution in [0.4, 0.5) is 14.9 Å². The van der Waals surface area contributed by atoms with Gasteiger partial charge in [0.15, 0.2) is 0 Å². The number of halogens is 1. The number of amides is 2. The Balaban J connectivity index is 2.87. The van der Waals surface area contributed by atoms with Gasteiger partial charge in [0.05, 0.1) is 11.3 Å². The van der Waals surface area contributed by atoms with Crippen LogP contribution in [0.5, 0.6) is 0 Å². The lowest BCUT2D eigenvalue weighted by Gasteiger charge is -2.16. The number of carbonyl (C=O) groups excluding carboxylic acids is 1. The highest BCUT2D eigenvalue weighted by Gasteiger charge is 2.17.